The molecule has 3 aromatic rings. The molecule has 0 saturated heterocycles. The first-order valence-corrected chi connectivity index (χ1v) is 6.27. The Labute approximate surface area is 119 Å². The van der Waals surface area contributed by atoms with Gasteiger partial charge in [0.2, 0.25) is 5.95 Å². The molecule has 0 bridgehead atoms. The Kier molecular flexibility index (Phi) is 3.27. The Morgan fingerprint density at radius 3 is 2.81 bits per heavy atom. The van der Waals surface area contributed by atoms with Gasteiger partial charge in [0, 0.05) is 5.56 Å². The van der Waals surface area contributed by atoms with Gasteiger partial charge in [-0.1, -0.05) is 12.1 Å². The molecule has 0 unspecified atom stereocenters. The van der Waals surface area contributed by atoms with Crippen LogP contribution in [0.4, 0.5) is 10.3 Å². The van der Waals surface area contributed by atoms with Crippen molar-refractivity contribution in [2.24, 2.45) is 0 Å². The monoisotopic (exact) mass is 285 g/mol. The lowest BCUT2D eigenvalue weighted by Crippen LogP contribution is -2.13. The number of fused-ring (bicyclic) bond motifs is 1. The van der Waals surface area contributed by atoms with Crippen LogP contribution in [-0.4, -0.2) is 23.0 Å². The number of halogens is 1. The summed E-state index contributed by atoms with van der Waals surface area (Å²) in [5, 5.41) is 2.60. The highest BCUT2D eigenvalue weighted by Crippen LogP contribution is 2.19. The van der Waals surface area contributed by atoms with Crippen LogP contribution >= 0.6 is 0 Å². The standard InChI is InChI=1S/C15H12FN3O2/c1-21-13-7-6-9(8-10(13)16)14(20)19-15-17-11-4-2-3-5-12(11)18-15/h2-8H,1H3,(H2,17,18,19,20). The van der Waals surface area contributed by atoms with Gasteiger partial charge in [0.1, 0.15) is 0 Å². The number of para-hydroxylation sites is 2. The summed E-state index contributed by atoms with van der Waals surface area (Å²) < 4.78 is 18.4. The van der Waals surface area contributed by atoms with Gasteiger partial charge in [0.05, 0.1) is 18.1 Å². The van der Waals surface area contributed by atoms with Crippen molar-refractivity contribution in [1.82, 2.24) is 9.97 Å². The molecule has 0 spiro atoms. The molecule has 1 amide bonds. The van der Waals surface area contributed by atoms with E-state index >= 15 is 0 Å². The van der Waals surface area contributed by atoms with Crippen LogP contribution in [0.2, 0.25) is 0 Å². The van der Waals surface area contributed by atoms with Crippen LogP contribution in [0.15, 0.2) is 42.5 Å². The fraction of sp³-hybridized carbons (Fsp3) is 0.0667. The van der Waals surface area contributed by atoms with Gasteiger partial charge in [-0.25, -0.2) is 9.37 Å². The Hall–Kier alpha value is -2.89. The SMILES string of the molecule is COc1ccc(C(=O)Nc2nc3ccccc3[nH]2)cc1F. The molecule has 0 atom stereocenters. The van der Waals surface area contributed by atoms with Gasteiger partial charge in [0.25, 0.3) is 5.91 Å². The van der Waals surface area contributed by atoms with Crippen LogP contribution in [0.3, 0.4) is 0 Å². The van der Waals surface area contributed by atoms with Gasteiger partial charge >= 0.3 is 0 Å². The van der Waals surface area contributed by atoms with Crippen LogP contribution in [0.5, 0.6) is 5.75 Å². The van der Waals surface area contributed by atoms with Crippen LogP contribution in [0.25, 0.3) is 11.0 Å². The topological polar surface area (TPSA) is 67.0 Å². The Morgan fingerprint density at radius 1 is 1.29 bits per heavy atom. The number of nitrogens with one attached hydrogen (secondary N) is 2. The number of carbonyl (C=O) groups excluding carboxylic acids is 1. The Balaban J connectivity index is 1.84. The largest absolute Gasteiger partial charge is 0.494 e. The lowest BCUT2D eigenvalue weighted by molar-refractivity contribution is 0.102. The molecule has 0 aliphatic carbocycles. The first-order chi connectivity index (χ1) is 10.2. The third-order valence-electron chi connectivity index (χ3n) is 3.04. The van der Waals surface area contributed by atoms with Crippen molar-refractivity contribution in [3.8, 4) is 5.75 Å². The fourth-order valence-corrected chi connectivity index (χ4v) is 2.00. The molecule has 2 aromatic carbocycles. The zero-order valence-electron chi connectivity index (χ0n) is 11.2. The van der Waals surface area contributed by atoms with E-state index < -0.39 is 11.7 Å². The molecule has 0 saturated carbocycles. The quantitative estimate of drug-likeness (QED) is 0.777. The number of hydrogen-bond donors (Lipinski definition) is 2. The summed E-state index contributed by atoms with van der Waals surface area (Å²) in [4.78, 5) is 19.3. The third kappa shape index (κ3) is 2.55. The second-order valence-corrected chi connectivity index (χ2v) is 4.41. The Bertz CT molecular complexity index is 781. The lowest BCUT2D eigenvalue weighted by atomic mass is 10.2. The van der Waals surface area contributed by atoms with Gasteiger partial charge in [-0.05, 0) is 30.3 Å². The lowest BCUT2D eigenvalue weighted by Gasteiger charge is -2.05. The first-order valence-electron chi connectivity index (χ1n) is 6.27. The van der Waals surface area contributed by atoms with Crippen LogP contribution < -0.4 is 10.1 Å². The number of methoxy groups -OCH3 is 1. The van der Waals surface area contributed by atoms with Crippen molar-refractivity contribution >= 4 is 22.9 Å². The number of amides is 1. The van der Waals surface area contributed by atoms with Gasteiger partial charge in [0.15, 0.2) is 11.6 Å². The summed E-state index contributed by atoms with van der Waals surface area (Å²) in [5.41, 5.74) is 1.75. The van der Waals surface area contributed by atoms with Crippen molar-refractivity contribution in [2.75, 3.05) is 12.4 Å². The van der Waals surface area contributed by atoms with Gasteiger partial charge in [-0.2, -0.15) is 0 Å². The number of rotatable bonds is 3. The zero-order chi connectivity index (χ0) is 14.8. The van der Waals surface area contributed by atoms with Gasteiger partial charge in [-0.15, -0.1) is 0 Å². The van der Waals surface area contributed by atoms with Crippen molar-refractivity contribution in [3.63, 3.8) is 0 Å². The first kappa shape index (κ1) is 13.1. The third-order valence-corrected chi connectivity index (χ3v) is 3.04. The highest BCUT2D eigenvalue weighted by Gasteiger charge is 2.12. The van der Waals surface area contributed by atoms with E-state index in [2.05, 4.69) is 15.3 Å². The van der Waals surface area contributed by atoms with E-state index in [1.165, 1.54) is 19.2 Å². The van der Waals surface area contributed by atoms with E-state index in [0.29, 0.717) is 5.95 Å². The smallest absolute Gasteiger partial charge is 0.258 e. The normalized spacial score (nSPS) is 10.6. The maximum absolute atomic E-state index is 13.6. The number of aromatic nitrogens is 2. The van der Waals surface area contributed by atoms with Crippen LogP contribution in [0, 0.1) is 5.82 Å². The number of nitrogens with zero attached hydrogens (tertiary/aromatic N) is 1. The fourth-order valence-electron chi connectivity index (χ4n) is 2.00. The molecule has 3 rings (SSSR count). The average molecular weight is 285 g/mol. The summed E-state index contributed by atoms with van der Waals surface area (Å²) in [6, 6.07) is 11.4. The van der Waals surface area contributed by atoms with Crippen molar-refractivity contribution in [3.05, 3.63) is 53.8 Å². The van der Waals surface area contributed by atoms with E-state index in [0.717, 1.165) is 17.1 Å². The van der Waals surface area contributed by atoms with Crippen molar-refractivity contribution in [1.29, 1.82) is 0 Å². The molecule has 1 aromatic heterocycles. The van der Waals surface area contributed by atoms with Crippen molar-refractivity contribution < 1.29 is 13.9 Å². The minimum atomic E-state index is -0.588. The summed E-state index contributed by atoms with van der Waals surface area (Å²) in [5.74, 6) is -0.627. The predicted octanol–water partition coefficient (Wildman–Crippen LogP) is 2.96. The van der Waals surface area contributed by atoms with Gasteiger partial charge in [-0.3, -0.25) is 10.1 Å². The van der Waals surface area contributed by atoms with Crippen LogP contribution in [-0.2, 0) is 0 Å². The molecular weight excluding hydrogens is 273 g/mol. The second-order valence-electron chi connectivity index (χ2n) is 4.41. The molecule has 0 aliphatic rings. The molecule has 5 nitrogen and oxygen atoms in total. The summed E-state index contributed by atoms with van der Waals surface area (Å²) in [6.45, 7) is 0. The minimum Gasteiger partial charge on any atom is -0.494 e. The number of ether oxygens (including phenoxy) is 1. The number of benzene rings is 2. The number of carbonyl (C=O) groups is 1. The second kappa shape index (κ2) is 5.24. The molecule has 106 valence electrons. The number of H-pyrrole nitrogens is 1. The molecule has 2 N–H and O–H groups in total. The zero-order valence-corrected chi connectivity index (χ0v) is 11.2. The maximum atomic E-state index is 13.6. The number of aromatic amines is 1. The average Bonchev–Trinajstić information content (AvgIpc) is 2.89. The predicted molar refractivity (Wildman–Crippen MR) is 77.0 cm³/mol. The van der Waals surface area contributed by atoms with E-state index in [4.69, 9.17) is 4.74 Å². The highest BCUT2D eigenvalue weighted by atomic mass is 19.1. The molecular formula is C15H12FN3O2. The van der Waals surface area contributed by atoms with Crippen molar-refractivity contribution in [2.45, 2.75) is 0 Å². The summed E-state index contributed by atoms with van der Waals surface area (Å²) in [6.07, 6.45) is 0. The maximum Gasteiger partial charge on any atom is 0.258 e. The summed E-state index contributed by atoms with van der Waals surface area (Å²) in [7, 11) is 1.37. The van der Waals surface area contributed by atoms with E-state index in [1.807, 2.05) is 24.3 Å². The number of anilines is 1. The number of hydrogen-bond acceptors (Lipinski definition) is 3. The molecule has 0 radical (unpaired) electrons. The minimum absolute atomic E-state index is 0.0929. The molecule has 1 heterocycles. The van der Waals surface area contributed by atoms with E-state index in [9.17, 15) is 9.18 Å². The molecule has 0 aliphatic heterocycles. The van der Waals surface area contributed by atoms with Crippen LogP contribution in [0.1, 0.15) is 10.4 Å². The molecule has 0 fully saturated rings. The summed E-state index contributed by atoms with van der Waals surface area (Å²) >= 11 is 0. The molecule has 21 heavy (non-hydrogen) atoms. The highest BCUT2D eigenvalue weighted by molar-refractivity contribution is 6.04. The Morgan fingerprint density at radius 2 is 2.10 bits per heavy atom. The molecule has 6 heteroatoms. The van der Waals surface area contributed by atoms with Gasteiger partial charge < -0.3 is 9.72 Å². The van der Waals surface area contributed by atoms with E-state index in [-0.39, 0.29) is 11.3 Å². The number of imidazole rings is 1. The van der Waals surface area contributed by atoms with E-state index in [1.54, 1.807) is 0 Å².